The Bertz CT molecular complexity index is 376. The highest BCUT2D eigenvalue weighted by Crippen LogP contribution is 2.25. The molecule has 1 aliphatic rings. The summed E-state index contributed by atoms with van der Waals surface area (Å²) in [6.45, 7) is 5.57. The Kier molecular flexibility index (Phi) is 5.67. The maximum absolute atomic E-state index is 3.53. The minimum Gasteiger partial charge on any atom is -0.370 e. The number of nitrogens with zero attached hydrogens (tertiary/aromatic N) is 2. The van der Waals surface area contributed by atoms with E-state index in [9.17, 15) is 0 Å². The number of hydrogen-bond donors (Lipinski definition) is 1. The number of hydrogen-bond acceptors (Lipinski definition) is 3. The molecule has 0 atom stereocenters. The van der Waals surface area contributed by atoms with Gasteiger partial charge in [-0.1, -0.05) is 18.2 Å². The molecule has 3 nitrogen and oxygen atoms in total. The lowest BCUT2D eigenvalue weighted by Gasteiger charge is -2.25. The van der Waals surface area contributed by atoms with Crippen LogP contribution < -0.4 is 10.2 Å². The third-order valence-corrected chi connectivity index (χ3v) is 3.75. The van der Waals surface area contributed by atoms with E-state index in [4.69, 9.17) is 0 Å². The Hall–Kier alpha value is -1.06. The number of para-hydroxylation sites is 1. The molecule has 1 aromatic carbocycles. The maximum atomic E-state index is 3.53. The molecule has 0 amide bonds. The van der Waals surface area contributed by atoms with Gasteiger partial charge in [-0.15, -0.1) is 0 Å². The molecular formula is C16H27N3. The van der Waals surface area contributed by atoms with Gasteiger partial charge in [-0.2, -0.15) is 0 Å². The van der Waals surface area contributed by atoms with E-state index in [0.29, 0.717) is 0 Å². The second-order valence-corrected chi connectivity index (χ2v) is 5.63. The van der Waals surface area contributed by atoms with Gasteiger partial charge in [0, 0.05) is 38.4 Å². The van der Waals surface area contributed by atoms with Gasteiger partial charge in [0.1, 0.15) is 0 Å². The van der Waals surface area contributed by atoms with E-state index in [1.54, 1.807) is 0 Å². The summed E-state index contributed by atoms with van der Waals surface area (Å²) in [6.07, 6.45) is 3.87. The zero-order valence-corrected chi connectivity index (χ0v) is 12.4. The summed E-state index contributed by atoms with van der Waals surface area (Å²) in [5.74, 6) is 0. The normalized spacial score (nSPS) is 15.4. The van der Waals surface area contributed by atoms with Crippen LogP contribution in [-0.2, 0) is 6.42 Å². The van der Waals surface area contributed by atoms with Crippen LogP contribution in [-0.4, -0.2) is 51.7 Å². The minimum absolute atomic E-state index is 1.07. The van der Waals surface area contributed by atoms with E-state index >= 15 is 0 Å². The molecule has 2 rings (SSSR count). The van der Waals surface area contributed by atoms with Crippen LogP contribution in [0.15, 0.2) is 24.3 Å². The van der Waals surface area contributed by atoms with E-state index in [1.165, 1.54) is 37.1 Å². The van der Waals surface area contributed by atoms with E-state index < -0.39 is 0 Å². The smallest absolute Gasteiger partial charge is 0.0399 e. The fraction of sp³-hybridized carbons (Fsp3) is 0.625. The van der Waals surface area contributed by atoms with Crippen LogP contribution in [0.25, 0.3) is 0 Å². The molecule has 19 heavy (non-hydrogen) atoms. The Labute approximate surface area is 117 Å². The van der Waals surface area contributed by atoms with Crippen LogP contribution in [0.4, 0.5) is 5.69 Å². The van der Waals surface area contributed by atoms with E-state index in [-0.39, 0.29) is 0 Å². The molecule has 1 N–H and O–H groups in total. The fourth-order valence-corrected chi connectivity index (χ4v) is 2.64. The minimum atomic E-state index is 1.07. The van der Waals surface area contributed by atoms with Crippen LogP contribution in [0.5, 0.6) is 0 Å². The quantitative estimate of drug-likeness (QED) is 0.790. The van der Waals surface area contributed by atoms with Crippen molar-refractivity contribution in [2.45, 2.75) is 19.3 Å². The summed E-state index contributed by atoms with van der Waals surface area (Å²) in [7, 11) is 4.24. The van der Waals surface area contributed by atoms with Crippen molar-refractivity contribution in [1.29, 1.82) is 0 Å². The number of benzene rings is 1. The molecular weight excluding hydrogens is 234 g/mol. The second kappa shape index (κ2) is 7.51. The summed E-state index contributed by atoms with van der Waals surface area (Å²) >= 11 is 0. The Morgan fingerprint density at radius 3 is 2.84 bits per heavy atom. The number of rotatable bonds is 6. The first-order valence-electron chi connectivity index (χ1n) is 7.45. The van der Waals surface area contributed by atoms with Crippen LogP contribution in [0.2, 0.25) is 0 Å². The molecule has 0 saturated heterocycles. The topological polar surface area (TPSA) is 18.5 Å². The third kappa shape index (κ3) is 4.51. The molecule has 0 spiro atoms. The summed E-state index contributed by atoms with van der Waals surface area (Å²) < 4.78 is 0. The molecule has 3 heteroatoms. The highest BCUT2D eigenvalue weighted by molar-refractivity contribution is 5.54. The number of likely N-dealkylation sites (N-methyl/N-ethyl adjacent to an activating group) is 1. The average Bonchev–Trinajstić information content (AvgIpc) is 2.61. The van der Waals surface area contributed by atoms with Crippen molar-refractivity contribution in [2.24, 2.45) is 0 Å². The first-order chi connectivity index (χ1) is 9.27. The van der Waals surface area contributed by atoms with Crippen LogP contribution in [0.3, 0.4) is 0 Å². The molecule has 0 aromatic heterocycles. The van der Waals surface area contributed by atoms with Gasteiger partial charge in [0.15, 0.2) is 0 Å². The van der Waals surface area contributed by atoms with E-state index in [2.05, 4.69) is 53.5 Å². The fourth-order valence-electron chi connectivity index (χ4n) is 2.64. The van der Waals surface area contributed by atoms with Crippen molar-refractivity contribution >= 4 is 5.69 Å². The number of fused-ring (bicyclic) bond motifs is 1. The Morgan fingerprint density at radius 1 is 1.16 bits per heavy atom. The molecule has 1 aromatic rings. The van der Waals surface area contributed by atoms with Crippen molar-refractivity contribution < 1.29 is 0 Å². The van der Waals surface area contributed by atoms with Gasteiger partial charge in [0.2, 0.25) is 0 Å². The predicted molar refractivity (Wildman–Crippen MR) is 83.0 cm³/mol. The zero-order chi connectivity index (χ0) is 13.5. The lowest BCUT2D eigenvalue weighted by atomic mass is 10.1. The third-order valence-electron chi connectivity index (χ3n) is 3.75. The molecule has 0 unspecified atom stereocenters. The lowest BCUT2D eigenvalue weighted by Crippen LogP contribution is -2.35. The molecule has 1 heterocycles. The Morgan fingerprint density at radius 2 is 2.00 bits per heavy atom. The number of nitrogens with one attached hydrogen (secondary N) is 1. The van der Waals surface area contributed by atoms with Crippen LogP contribution >= 0.6 is 0 Å². The molecule has 106 valence electrons. The predicted octanol–water partition coefficient (Wildman–Crippen LogP) is 1.98. The Balaban J connectivity index is 1.83. The van der Waals surface area contributed by atoms with Gasteiger partial charge in [0.25, 0.3) is 0 Å². The van der Waals surface area contributed by atoms with Crippen molar-refractivity contribution in [3.05, 3.63) is 29.8 Å². The first-order valence-corrected chi connectivity index (χ1v) is 7.45. The van der Waals surface area contributed by atoms with Gasteiger partial charge in [-0.25, -0.2) is 0 Å². The summed E-state index contributed by atoms with van der Waals surface area (Å²) in [5, 5.41) is 3.53. The van der Waals surface area contributed by atoms with Gasteiger partial charge >= 0.3 is 0 Å². The number of aryl methyl sites for hydroxylation is 1. The van der Waals surface area contributed by atoms with Crippen LogP contribution in [0, 0.1) is 0 Å². The maximum Gasteiger partial charge on any atom is 0.0399 e. The monoisotopic (exact) mass is 261 g/mol. The first kappa shape index (κ1) is 14.4. The molecule has 0 fully saturated rings. The van der Waals surface area contributed by atoms with Crippen LogP contribution in [0.1, 0.15) is 18.4 Å². The van der Waals surface area contributed by atoms with E-state index in [1.807, 2.05) is 0 Å². The standard InChI is InChI=1S/C16H27N3/c1-18(2)13-10-17-11-14-19-12-6-5-8-15-7-3-4-9-16(15)19/h3-4,7,9,17H,5-6,8,10-14H2,1-2H3. The molecule has 0 radical (unpaired) electrons. The molecule has 0 aliphatic carbocycles. The largest absolute Gasteiger partial charge is 0.370 e. The van der Waals surface area contributed by atoms with Crippen molar-refractivity contribution in [3.8, 4) is 0 Å². The van der Waals surface area contributed by atoms with E-state index in [0.717, 1.165) is 26.2 Å². The van der Waals surface area contributed by atoms with Crippen molar-refractivity contribution in [1.82, 2.24) is 10.2 Å². The lowest BCUT2D eigenvalue weighted by molar-refractivity contribution is 0.401. The van der Waals surface area contributed by atoms with Gasteiger partial charge < -0.3 is 15.1 Å². The molecule has 1 aliphatic heterocycles. The molecule has 0 bridgehead atoms. The van der Waals surface area contributed by atoms with Gasteiger partial charge in [0.05, 0.1) is 0 Å². The zero-order valence-electron chi connectivity index (χ0n) is 12.4. The molecule has 0 saturated carbocycles. The van der Waals surface area contributed by atoms with Crippen molar-refractivity contribution in [3.63, 3.8) is 0 Å². The average molecular weight is 261 g/mol. The SMILES string of the molecule is CN(C)CCNCCN1CCCCc2ccccc21. The number of anilines is 1. The highest BCUT2D eigenvalue weighted by atomic mass is 15.2. The summed E-state index contributed by atoms with van der Waals surface area (Å²) in [5.41, 5.74) is 2.97. The summed E-state index contributed by atoms with van der Waals surface area (Å²) in [6, 6.07) is 8.89. The highest BCUT2D eigenvalue weighted by Gasteiger charge is 2.13. The van der Waals surface area contributed by atoms with Gasteiger partial charge in [-0.05, 0) is 45.0 Å². The van der Waals surface area contributed by atoms with Gasteiger partial charge in [-0.3, -0.25) is 0 Å². The second-order valence-electron chi connectivity index (χ2n) is 5.63. The summed E-state index contributed by atoms with van der Waals surface area (Å²) in [4.78, 5) is 4.76. The van der Waals surface area contributed by atoms with Crippen molar-refractivity contribution in [2.75, 3.05) is 51.7 Å².